The fourth-order valence-electron chi connectivity index (χ4n) is 4.03. The number of fused-ring (bicyclic) bond motifs is 1. The number of hydrogen-bond donors (Lipinski definition) is 1. The van der Waals surface area contributed by atoms with E-state index in [1.807, 2.05) is 60.7 Å². The molecule has 0 fully saturated rings. The first kappa shape index (κ1) is 18.7. The zero-order valence-corrected chi connectivity index (χ0v) is 16.4. The molecule has 1 amide bonds. The van der Waals surface area contributed by atoms with Crippen LogP contribution in [0.1, 0.15) is 23.5 Å². The predicted octanol–water partition coefficient (Wildman–Crippen LogP) is 4.92. The minimum atomic E-state index is -0.440. The number of benzene rings is 3. The normalized spacial score (nSPS) is 15.2. The van der Waals surface area contributed by atoms with Gasteiger partial charge in [0.15, 0.2) is 0 Å². The van der Waals surface area contributed by atoms with Gasteiger partial charge in [-0.25, -0.2) is 4.68 Å². The average Bonchev–Trinajstić information content (AvgIpc) is 3.19. The molecule has 1 atom stereocenters. The number of hydrogen-bond acceptors (Lipinski definition) is 4. The van der Waals surface area contributed by atoms with Crippen molar-refractivity contribution in [2.24, 2.45) is 0 Å². The number of nitrogens with zero attached hydrogens (tertiary/aromatic N) is 3. The van der Waals surface area contributed by atoms with Crippen molar-refractivity contribution in [3.8, 4) is 16.9 Å². The van der Waals surface area contributed by atoms with Crippen LogP contribution in [0.15, 0.2) is 84.9 Å². The Balaban J connectivity index is 1.74. The molecule has 1 aliphatic rings. The van der Waals surface area contributed by atoms with Crippen molar-refractivity contribution in [3.05, 3.63) is 106 Å². The van der Waals surface area contributed by atoms with Crippen LogP contribution in [0, 0.1) is 10.1 Å². The van der Waals surface area contributed by atoms with Crippen LogP contribution in [0.3, 0.4) is 0 Å². The van der Waals surface area contributed by atoms with Crippen molar-refractivity contribution < 1.29 is 9.72 Å². The molecule has 3 aromatic carbocycles. The lowest BCUT2D eigenvalue weighted by atomic mass is 9.84. The number of nitro benzene ring substituents is 1. The number of nitrogens with one attached hydrogen (secondary N) is 1. The third-order valence-electron chi connectivity index (χ3n) is 5.47. The van der Waals surface area contributed by atoms with Crippen LogP contribution in [-0.4, -0.2) is 20.6 Å². The Bertz CT molecular complexity index is 1270. The Kier molecular flexibility index (Phi) is 4.55. The van der Waals surface area contributed by atoms with Crippen molar-refractivity contribution in [1.82, 2.24) is 9.78 Å². The lowest BCUT2D eigenvalue weighted by Gasteiger charge is -2.24. The summed E-state index contributed by atoms with van der Waals surface area (Å²) in [6.45, 7) is 0. The van der Waals surface area contributed by atoms with Gasteiger partial charge in [0.25, 0.3) is 5.69 Å². The summed E-state index contributed by atoms with van der Waals surface area (Å²) in [5, 5.41) is 18.9. The van der Waals surface area contributed by atoms with Crippen LogP contribution < -0.4 is 5.32 Å². The second-order valence-electron chi connectivity index (χ2n) is 7.38. The molecule has 0 radical (unpaired) electrons. The molecule has 7 heteroatoms. The van der Waals surface area contributed by atoms with E-state index in [1.165, 1.54) is 12.1 Å². The van der Waals surface area contributed by atoms with Gasteiger partial charge in [0, 0.05) is 35.6 Å². The molecule has 1 aliphatic heterocycles. The van der Waals surface area contributed by atoms with E-state index in [0.717, 1.165) is 22.4 Å². The van der Waals surface area contributed by atoms with E-state index >= 15 is 0 Å². The highest BCUT2D eigenvalue weighted by atomic mass is 16.6. The molecule has 1 aromatic heterocycles. The van der Waals surface area contributed by atoms with E-state index in [0.29, 0.717) is 17.9 Å². The summed E-state index contributed by atoms with van der Waals surface area (Å²) in [5.74, 6) is 0.355. The molecule has 0 spiro atoms. The minimum Gasteiger partial charge on any atom is -0.310 e. The van der Waals surface area contributed by atoms with Crippen molar-refractivity contribution in [2.45, 2.75) is 12.3 Å². The third-order valence-corrected chi connectivity index (χ3v) is 5.47. The van der Waals surface area contributed by atoms with Crippen LogP contribution in [0.25, 0.3) is 16.9 Å². The first-order valence-electron chi connectivity index (χ1n) is 9.90. The fraction of sp³-hybridized carbons (Fsp3) is 0.0833. The number of anilines is 1. The van der Waals surface area contributed by atoms with Gasteiger partial charge in [-0.05, 0) is 17.7 Å². The van der Waals surface area contributed by atoms with Crippen molar-refractivity contribution >= 4 is 17.4 Å². The first-order valence-corrected chi connectivity index (χ1v) is 9.90. The molecular formula is C24H18N4O3. The maximum atomic E-state index is 12.6. The highest BCUT2D eigenvalue weighted by molar-refractivity contribution is 5.96. The van der Waals surface area contributed by atoms with Crippen LogP contribution in [0.2, 0.25) is 0 Å². The summed E-state index contributed by atoms with van der Waals surface area (Å²) in [7, 11) is 0. The Morgan fingerprint density at radius 2 is 1.58 bits per heavy atom. The van der Waals surface area contributed by atoms with Crippen LogP contribution in [0.5, 0.6) is 0 Å². The maximum absolute atomic E-state index is 12.6. The Morgan fingerprint density at radius 1 is 0.935 bits per heavy atom. The van der Waals surface area contributed by atoms with Crippen molar-refractivity contribution in [2.75, 3.05) is 5.32 Å². The van der Waals surface area contributed by atoms with E-state index < -0.39 is 4.92 Å². The summed E-state index contributed by atoms with van der Waals surface area (Å²) >= 11 is 0. The number of carbonyl (C=O) groups is 1. The maximum Gasteiger partial charge on any atom is 0.269 e. The number of rotatable bonds is 4. The fourth-order valence-corrected chi connectivity index (χ4v) is 4.03. The molecule has 31 heavy (non-hydrogen) atoms. The molecule has 2 heterocycles. The van der Waals surface area contributed by atoms with E-state index in [9.17, 15) is 14.9 Å². The van der Waals surface area contributed by atoms with Crippen LogP contribution in [-0.2, 0) is 4.79 Å². The topological polar surface area (TPSA) is 90.1 Å². The first-order chi connectivity index (χ1) is 15.1. The van der Waals surface area contributed by atoms with Gasteiger partial charge in [0.05, 0.1) is 16.3 Å². The number of aromatic nitrogens is 2. The van der Waals surface area contributed by atoms with Gasteiger partial charge in [-0.2, -0.15) is 5.10 Å². The lowest BCUT2D eigenvalue weighted by molar-refractivity contribution is -0.384. The smallest absolute Gasteiger partial charge is 0.269 e. The van der Waals surface area contributed by atoms with Gasteiger partial charge >= 0.3 is 0 Å². The molecule has 4 aromatic rings. The second kappa shape index (κ2) is 7.53. The van der Waals surface area contributed by atoms with E-state index in [-0.39, 0.29) is 17.5 Å². The van der Waals surface area contributed by atoms with Gasteiger partial charge in [0.1, 0.15) is 5.82 Å². The minimum absolute atomic E-state index is 0.000691. The summed E-state index contributed by atoms with van der Waals surface area (Å²) in [6.07, 6.45) is 0.322. The van der Waals surface area contributed by atoms with Gasteiger partial charge in [-0.1, -0.05) is 60.7 Å². The van der Waals surface area contributed by atoms with E-state index in [2.05, 4.69) is 5.32 Å². The molecule has 5 rings (SSSR count). The molecule has 7 nitrogen and oxygen atoms in total. The Morgan fingerprint density at radius 3 is 2.23 bits per heavy atom. The van der Waals surface area contributed by atoms with Crippen molar-refractivity contribution in [1.29, 1.82) is 0 Å². The quantitative estimate of drug-likeness (QED) is 0.382. The molecule has 0 unspecified atom stereocenters. The summed E-state index contributed by atoms with van der Waals surface area (Å²) in [6, 6.07) is 25.9. The summed E-state index contributed by atoms with van der Waals surface area (Å²) < 4.78 is 1.66. The molecule has 0 bridgehead atoms. The third kappa shape index (κ3) is 3.36. The Labute approximate surface area is 178 Å². The molecular weight excluding hydrogens is 392 g/mol. The predicted molar refractivity (Wildman–Crippen MR) is 117 cm³/mol. The standard InChI is InChI=1S/C24H18N4O3/c29-21-15-20(16-7-3-1-4-8-16)22-23(17-9-5-2-6-10-17)26-27(24(22)25-21)18-11-13-19(14-12-18)28(30)31/h1-14,20H,15H2,(H,25,29)/t20-/m0/s1. The van der Waals surface area contributed by atoms with E-state index in [1.54, 1.807) is 16.8 Å². The number of amides is 1. The Hall–Kier alpha value is -4.26. The van der Waals surface area contributed by atoms with Gasteiger partial charge in [-0.3, -0.25) is 14.9 Å². The highest BCUT2D eigenvalue weighted by Gasteiger charge is 2.34. The number of carbonyl (C=O) groups excluding carboxylic acids is 1. The molecule has 0 saturated carbocycles. The monoisotopic (exact) mass is 410 g/mol. The number of nitro groups is 1. The molecule has 0 saturated heterocycles. The van der Waals surface area contributed by atoms with Gasteiger partial charge < -0.3 is 5.32 Å². The van der Waals surface area contributed by atoms with E-state index in [4.69, 9.17) is 5.10 Å². The van der Waals surface area contributed by atoms with Crippen LogP contribution >= 0.6 is 0 Å². The average molecular weight is 410 g/mol. The summed E-state index contributed by atoms with van der Waals surface area (Å²) in [4.78, 5) is 23.2. The SMILES string of the molecule is O=C1C[C@@H](c2ccccc2)c2c(-c3ccccc3)nn(-c3ccc([N+](=O)[O-])cc3)c2N1. The molecule has 152 valence electrons. The highest BCUT2D eigenvalue weighted by Crippen LogP contribution is 2.43. The second-order valence-corrected chi connectivity index (χ2v) is 7.38. The number of non-ortho nitro benzene ring substituents is 1. The lowest BCUT2D eigenvalue weighted by Crippen LogP contribution is -2.24. The zero-order chi connectivity index (χ0) is 21.4. The molecule has 1 N–H and O–H groups in total. The summed E-state index contributed by atoms with van der Waals surface area (Å²) in [5.41, 5.74) is 4.34. The zero-order valence-electron chi connectivity index (χ0n) is 16.4. The van der Waals surface area contributed by atoms with Crippen LogP contribution in [0.4, 0.5) is 11.5 Å². The van der Waals surface area contributed by atoms with Gasteiger partial charge in [-0.15, -0.1) is 0 Å². The van der Waals surface area contributed by atoms with Crippen molar-refractivity contribution in [3.63, 3.8) is 0 Å². The largest absolute Gasteiger partial charge is 0.310 e. The molecule has 0 aliphatic carbocycles. The van der Waals surface area contributed by atoms with Gasteiger partial charge in [0.2, 0.25) is 5.91 Å².